The van der Waals surface area contributed by atoms with E-state index in [2.05, 4.69) is 6.92 Å². The Hall–Kier alpha value is -0.610. The van der Waals surface area contributed by atoms with Crippen molar-refractivity contribution in [3.05, 3.63) is 0 Å². The average molecular weight is 217 g/mol. The van der Waals surface area contributed by atoms with E-state index in [1.807, 2.05) is 0 Å². The molecule has 0 radical (unpaired) electrons. The minimum atomic E-state index is -1.72. The van der Waals surface area contributed by atoms with Gasteiger partial charge in [-0.3, -0.25) is 0 Å². The van der Waals surface area contributed by atoms with Gasteiger partial charge in [-0.15, -0.1) is 0 Å². The van der Waals surface area contributed by atoms with Crippen LogP contribution in [0.2, 0.25) is 0 Å². The van der Waals surface area contributed by atoms with Crippen LogP contribution in [0.5, 0.6) is 0 Å². The van der Waals surface area contributed by atoms with Gasteiger partial charge in [-0.25, -0.2) is 4.79 Å². The Kier molecular flexibility index (Phi) is 7.34. The van der Waals surface area contributed by atoms with E-state index in [1.54, 1.807) is 0 Å². The number of aliphatic carboxylic acids is 1. The first-order valence-electron chi connectivity index (χ1n) is 5.72. The molecule has 0 saturated heterocycles. The van der Waals surface area contributed by atoms with Crippen LogP contribution < -0.4 is 5.73 Å². The van der Waals surface area contributed by atoms with Crippen LogP contribution in [0.1, 0.15) is 51.9 Å². The summed E-state index contributed by atoms with van der Waals surface area (Å²) in [6.07, 6.45) is 6.66. The Labute approximate surface area is 91.5 Å². The van der Waals surface area contributed by atoms with E-state index < -0.39 is 11.6 Å². The van der Waals surface area contributed by atoms with Gasteiger partial charge < -0.3 is 15.9 Å². The SMILES string of the molecule is CCCCCCCCC(O)(CN)C(=O)O. The fourth-order valence-electron chi connectivity index (χ4n) is 1.49. The van der Waals surface area contributed by atoms with Crippen molar-refractivity contribution in [1.82, 2.24) is 0 Å². The van der Waals surface area contributed by atoms with E-state index >= 15 is 0 Å². The van der Waals surface area contributed by atoms with Gasteiger partial charge in [0.1, 0.15) is 0 Å². The summed E-state index contributed by atoms with van der Waals surface area (Å²) in [7, 11) is 0. The molecule has 4 N–H and O–H groups in total. The molecular formula is C11H23NO3. The van der Waals surface area contributed by atoms with Crippen molar-refractivity contribution >= 4 is 5.97 Å². The second kappa shape index (κ2) is 7.65. The number of aliphatic hydroxyl groups is 1. The van der Waals surface area contributed by atoms with Gasteiger partial charge >= 0.3 is 5.97 Å². The molecule has 0 aromatic heterocycles. The van der Waals surface area contributed by atoms with Crippen LogP contribution in [-0.4, -0.2) is 28.3 Å². The highest BCUT2D eigenvalue weighted by Gasteiger charge is 2.33. The first kappa shape index (κ1) is 14.4. The second-order valence-corrected chi connectivity index (χ2v) is 4.06. The maximum Gasteiger partial charge on any atom is 0.337 e. The Bertz CT molecular complexity index is 185. The van der Waals surface area contributed by atoms with Gasteiger partial charge in [-0.05, 0) is 12.8 Å². The molecule has 0 aromatic carbocycles. The largest absolute Gasteiger partial charge is 0.479 e. The summed E-state index contributed by atoms with van der Waals surface area (Å²) in [4.78, 5) is 10.7. The van der Waals surface area contributed by atoms with E-state index in [-0.39, 0.29) is 13.0 Å². The monoisotopic (exact) mass is 217 g/mol. The zero-order valence-electron chi connectivity index (χ0n) is 9.54. The van der Waals surface area contributed by atoms with Crippen molar-refractivity contribution in [1.29, 1.82) is 0 Å². The average Bonchev–Trinajstić information content (AvgIpc) is 2.22. The number of carboxylic acid groups (broad SMARTS) is 1. The number of unbranched alkanes of at least 4 members (excludes halogenated alkanes) is 5. The van der Waals surface area contributed by atoms with Gasteiger partial charge in [-0.2, -0.15) is 0 Å². The third-order valence-corrected chi connectivity index (χ3v) is 2.68. The van der Waals surface area contributed by atoms with Crippen LogP contribution >= 0.6 is 0 Å². The first-order chi connectivity index (χ1) is 7.06. The predicted octanol–water partition coefficient (Wildman–Crippen LogP) is 1.51. The minimum absolute atomic E-state index is 0.211. The fourth-order valence-corrected chi connectivity index (χ4v) is 1.49. The third-order valence-electron chi connectivity index (χ3n) is 2.68. The summed E-state index contributed by atoms with van der Waals surface area (Å²) in [5.74, 6) is -1.21. The summed E-state index contributed by atoms with van der Waals surface area (Å²) in [6, 6.07) is 0. The van der Waals surface area contributed by atoms with Crippen molar-refractivity contribution in [3.63, 3.8) is 0 Å². The highest BCUT2D eigenvalue weighted by molar-refractivity contribution is 5.77. The molecule has 0 aliphatic heterocycles. The zero-order valence-corrected chi connectivity index (χ0v) is 9.54. The number of nitrogens with two attached hydrogens (primary N) is 1. The molecule has 0 heterocycles. The van der Waals surface area contributed by atoms with Gasteiger partial charge in [0.2, 0.25) is 0 Å². The number of carbonyl (C=O) groups is 1. The molecule has 1 atom stereocenters. The number of hydrogen-bond acceptors (Lipinski definition) is 3. The van der Waals surface area contributed by atoms with Crippen LogP contribution in [0.15, 0.2) is 0 Å². The minimum Gasteiger partial charge on any atom is -0.479 e. The summed E-state index contributed by atoms with van der Waals surface area (Å²) in [5.41, 5.74) is 3.52. The van der Waals surface area contributed by atoms with Crippen molar-refractivity contribution in [3.8, 4) is 0 Å². The van der Waals surface area contributed by atoms with Crippen molar-refractivity contribution in [2.75, 3.05) is 6.54 Å². The molecule has 0 aliphatic rings. The third kappa shape index (κ3) is 5.74. The van der Waals surface area contributed by atoms with Crippen LogP contribution in [-0.2, 0) is 4.79 Å². The molecule has 0 saturated carbocycles. The van der Waals surface area contributed by atoms with E-state index in [0.717, 1.165) is 19.3 Å². The molecule has 15 heavy (non-hydrogen) atoms. The van der Waals surface area contributed by atoms with Gasteiger partial charge in [0.05, 0.1) is 0 Å². The number of rotatable bonds is 9. The maximum atomic E-state index is 10.7. The van der Waals surface area contributed by atoms with Gasteiger partial charge in [0, 0.05) is 6.54 Å². The number of hydrogen-bond donors (Lipinski definition) is 3. The quantitative estimate of drug-likeness (QED) is 0.511. The summed E-state index contributed by atoms with van der Waals surface area (Å²) < 4.78 is 0. The standard InChI is InChI=1S/C11H23NO3/c1-2-3-4-5-6-7-8-11(15,9-12)10(13)14/h15H,2-9,12H2,1H3,(H,13,14). The van der Waals surface area contributed by atoms with Crippen LogP contribution in [0.3, 0.4) is 0 Å². The second-order valence-electron chi connectivity index (χ2n) is 4.06. The molecule has 4 nitrogen and oxygen atoms in total. The number of carboxylic acids is 1. The summed E-state index contributed by atoms with van der Waals surface area (Å²) >= 11 is 0. The molecule has 0 bridgehead atoms. The lowest BCUT2D eigenvalue weighted by Gasteiger charge is -2.20. The van der Waals surface area contributed by atoms with Gasteiger partial charge in [0.15, 0.2) is 5.60 Å². The molecule has 0 rings (SSSR count). The molecule has 90 valence electrons. The highest BCUT2D eigenvalue weighted by Crippen LogP contribution is 2.15. The molecule has 0 aliphatic carbocycles. The first-order valence-corrected chi connectivity index (χ1v) is 5.72. The zero-order chi connectivity index (χ0) is 11.7. The Morgan fingerprint density at radius 3 is 2.20 bits per heavy atom. The normalized spacial score (nSPS) is 14.9. The van der Waals surface area contributed by atoms with Crippen LogP contribution in [0.25, 0.3) is 0 Å². The lowest BCUT2D eigenvalue weighted by atomic mass is 9.96. The van der Waals surface area contributed by atoms with Gasteiger partial charge in [-0.1, -0.05) is 39.0 Å². The molecule has 4 heteroatoms. The fraction of sp³-hybridized carbons (Fsp3) is 0.909. The van der Waals surface area contributed by atoms with E-state index in [1.165, 1.54) is 19.3 Å². The Morgan fingerprint density at radius 2 is 1.73 bits per heavy atom. The topological polar surface area (TPSA) is 83.5 Å². The lowest BCUT2D eigenvalue weighted by molar-refractivity contribution is -0.158. The molecule has 1 unspecified atom stereocenters. The smallest absolute Gasteiger partial charge is 0.337 e. The molecular weight excluding hydrogens is 194 g/mol. The molecule has 0 fully saturated rings. The van der Waals surface area contributed by atoms with Gasteiger partial charge in [0.25, 0.3) is 0 Å². The van der Waals surface area contributed by atoms with Crippen molar-refractivity contribution < 1.29 is 15.0 Å². The molecule has 0 amide bonds. The maximum absolute atomic E-state index is 10.7. The van der Waals surface area contributed by atoms with Crippen LogP contribution in [0.4, 0.5) is 0 Å². The molecule has 0 spiro atoms. The highest BCUT2D eigenvalue weighted by atomic mass is 16.4. The van der Waals surface area contributed by atoms with E-state index in [9.17, 15) is 9.90 Å². The lowest BCUT2D eigenvalue weighted by Crippen LogP contribution is -2.45. The Balaban J connectivity index is 3.60. The Morgan fingerprint density at radius 1 is 1.20 bits per heavy atom. The van der Waals surface area contributed by atoms with Crippen molar-refractivity contribution in [2.45, 2.75) is 57.5 Å². The van der Waals surface area contributed by atoms with Crippen LogP contribution in [0, 0.1) is 0 Å². The molecule has 0 aromatic rings. The summed E-state index contributed by atoms with van der Waals surface area (Å²) in [6.45, 7) is 1.94. The van der Waals surface area contributed by atoms with E-state index in [4.69, 9.17) is 10.8 Å². The summed E-state index contributed by atoms with van der Waals surface area (Å²) in [5, 5.41) is 18.3. The van der Waals surface area contributed by atoms with E-state index in [0.29, 0.717) is 0 Å². The predicted molar refractivity (Wildman–Crippen MR) is 59.6 cm³/mol. The van der Waals surface area contributed by atoms with Crippen molar-refractivity contribution in [2.24, 2.45) is 5.73 Å².